The number of nitrogens with one attached hydrogen (secondary N) is 1. The van der Waals surface area contributed by atoms with E-state index in [1.807, 2.05) is 0 Å². The normalized spacial score (nSPS) is 17.1. The fourth-order valence-electron chi connectivity index (χ4n) is 2.52. The van der Waals surface area contributed by atoms with Crippen molar-refractivity contribution in [3.8, 4) is 0 Å². The van der Waals surface area contributed by atoms with Crippen LogP contribution in [0.2, 0.25) is 15.7 Å². The van der Waals surface area contributed by atoms with E-state index in [0.717, 1.165) is 62.4 Å². The van der Waals surface area contributed by atoms with Gasteiger partial charge in [0.05, 0.1) is 8.95 Å². The zero-order valence-corrected chi connectivity index (χ0v) is 22.0. The number of nitrogens with zero attached hydrogens (tertiary/aromatic N) is 4. The second-order valence-corrected chi connectivity index (χ2v) is 9.34. The van der Waals surface area contributed by atoms with Crippen LogP contribution >= 0.6 is 66.7 Å². The largest absolute Gasteiger partial charge is 0.381 e. The molecule has 0 saturated carbocycles. The average molecular weight is 622 g/mol. The molecule has 31 heavy (non-hydrogen) atoms. The second kappa shape index (κ2) is 14.7. The average Bonchev–Trinajstić information content (AvgIpc) is 2.76. The van der Waals surface area contributed by atoms with E-state index in [2.05, 4.69) is 57.1 Å². The fourth-order valence-corrected chi connectivity index (χ4v) is 3.46. The molecule has 172 valence electrons. The standard InChI is InChI=1S/C9H11BrClN3O.C5H11NO.C4HBrCl2N2/c10-7-5-12-9(11)14-8(7)13-6-1-3-15-4-2-6;6-5-1-3-7-4-2-5;5-2-1-8-4(7)9-3(2)6/h5-6H,1-4H2,(H,12,13,14);5H,1-4,6H2;1H. The molecule has 8 nitrogen and oxygen atoms in total. The summed E-state index contributed by atoms with van der Waals surface area (Å²) in [7, 11) is 0. The molecule has 0 atom stereocenters. The minimum atomic E-state index is 0.156. The Bertz CT molecular complexity index is 812. The van der Waals surface area contributed by atoms with Crippen LogP contribution in [0.15, 0.2) is 21.3 Å². The monoisotopic (exact) mass is 618 g/mol. The van der Waals surface area contributed by atoms with Crippen LogP contribution < -0.4 is 11.1 Å². The van der Waals surface area contributed by atoms with Gasteiger partial charge in [0, 0.05) is 50.9 Å². The third kappa shape index (κ3) is 10.9. The first-order valence-corrected chi connectivity index (χ1v) is 12.3. The summed E-state index contributed by atoms with van der Waals surface area (Å²) in [5.41, 5.74) is 5.55. The smallest absolute Gasteiger partial charge is 0.224 e. The molecule has 0 spiro atoms. The quantitative estimate of drug-likeness (QED) is 0.350. The van der Waals surface area contributed by atoms with Gasteiger partial charge in [0.1, 0.15) is 11.0 Å². The molecule has 4 rings (SSSR count). The fraction of sp³-hybridized carbons (Fsp3) is 0.556. The minimum Gasteiger partial charge on any atom is -0.381 e. The highest BCUT2D eigenvalue weighted by Gasteiger charge is 2.15. The maximum Gasteiger partial charge on any atom is 0.224 e. The van der Waals surface area contributed by atoms with Crippen LogP contribution in [0.4, 0.5) is 5.82 Å². The van der Waals surface area contributed by atoms with Gasteiger partial charge in [-0.05, 0) is 80.7 Å². The first-order chi connectivity index (χ1) is 14.8. The van der Waals surface area contributed by atoms with Crippen LogP contribution in [-0.4, -0.2) is 58.4 Å². The Morgan fingerprint density at radius 2 is 1.35 bits per heavy atom. The number of halogens is 5. The van der Waals surface area contributed by atoms with Gasteiger partial charge in [-0.2, -0.15) is 4.98 Å². The van der Waals surface area contributed by atoms with Gasteiger partial charge in [-0.1, -0.05) is 11.6 Å². The molecule has 0 amide bonds. The van der Waals surface area contributed by atoms with Gasteiger partial charge < -0.3 is 20.5 Å². The van der Waals surface area contributed by atoms with E-state index in [9.17, 15) is 0 Å². The molecule has 0 aliphatic carbocycles. The number of hydrogen-bond acceptors (Lipinski definition) is 8. The van der Waals surface area contributed by atoms with Crippen molar-refractivity contribution in [3.05, 3.63) is 37.1 Å². The lowest BCUT2D eigenvalue weighted by molar-refractivity contribution is 0.0866. The van der Waals surface area contributed by atoms with Gasteiger partial charge >= 0.3 is 0 Å². The van der Waals surface area contributed by atoms with Gasteiger partial charge in [-0.3, -0.25) is 0 Å². The molecular weight excluding hydrogens is 598 g/mol. The van der Waals surface area contributed by atoms with E-state index in [1.165, 1.54) is 6.20 Å². The number of hydrogen-bond donors (Lipinski definition) is 2. The van der Waals surface area contributed by atoms with Crippen molar-refractivity contribution in [2.75, 3.05) is 31.7 Å². The van der Waals surface area contributed by atoms with Gasteiger partial charge in [-0.25, -0.2) is 15.0 Å². The first-order valence-electron chi connectivity index (χ1n) is 9.54. The van der Waals surface area contributed by atoms with Crippen LogP contribution in [0.5, 0.6) is 0 Å². The second-order valence-electron chi connectivity index (χ2n) is 6.59. The van der Waals surface area contributed by atoms with Gasteiger partial charge in [-0.15, -0.1) is 0 Å². The number of anilines is 1. The van der Waals surface area contributed by atoms with Crippen molar-refractivity contribution in [3.63, 3.8) is 0 Å². The zero-order chi connectivity index (χ0) is 22.6. The molecule has 2 aromatic rings. The van der Waals surface area contributed by atoms with E-state index in [4.69, 9.17) is 50.0 Å². The van der Waals surface area contributed by atoms with Crippen LogP contribution in [0.3, 0.4) is 0 Å². The molecule has 0 unspecified atom stereocenters. The molecule has 4 heterocycles. The molecule has 2 aliphatic rings. The summed E-state index contributed by atoms with van der Waals surface area (Å²) in [6.07, 6.45) is 7.22. The molecule has 2 aromatic heterocycles. The van der Waals surface area contributed by atoms with Crippen LogP contribution in [-0.2, 0) is 9.47 Å². The Balaban J connectivity index is 0.000000181. The van der Waals surface area contributed by atoms with Crippen LogP contribution in [0.1, 0.15) is 25.7 Å². The number of ether oxygens (including phenoxy) is 2. The summed E-state index contributed by atoms with van der Waals surface area (Å²) in [4.78, 5) is 15.3. The Morgan fingerprint density at radius 1 is 0.839 bits per heavy atom. The maximum absolute atomic E-state index is 5.73. The summed E-state index contributed by atoms with van der Waals surface area (Å²) < 4.78 is 11.8. The van der Waals surface area contributed by atoms with Crippen molar-refractivity contribution in [2.45, 2.75) is 37.8 Å². The Morgan fingerprint density at radius 3 is 1.84 bits per heavy atom. The van der Waals surface area contributed by atoms with Crippen molar-refractivity contribution < 1.29 is 9.47 Å². The molecule has 0 bridgehead atoms. The van der Waals surface area contributed by atoms with Crippen molar-refractivity contribution in [1.29, 1.82) is 0 Å². The molecule has 3 N–H and O–H groups in total. The zero-order valence-electron chi connectivity index (χ0n) is 16.5. The lowest BCUT2D eigenvalue weighted by atomic mass is 10.1. The summed E-state index contributed by atoms with van der Waals surface area (Å²) in [5, 5.41) is 4.07. The van der Waals surface area contributed by atoms with Crippen molar-refractivity contribution >= 4 is 72.5 Å². The minimum absolute atomic E-state index is 0.156. The lowest BCUT2D eigenvalue weighted by Gasteiger charge is -2.23. The topological polar surface area (TPSA) is 108 Å². The molecule has 0 radical (unpaired) electrons. The number of nitrogens with two attached hydrogens (primary N) is 1. The molecule has 2 saturated heterocycles. The number of rotatable bonds is 2. The van der Waals surface area contributed by atoms with Crippen molar-refractivity contribution in [2.24, 2.45) is 5.73 Å². The molecule has 0 aromatic carbocycles. The lowest BCUT2D eigenvalue weighted by Crippen LogP contribution is -2.28. The highest BCUT2D eigenvalue weighted by Crippen LogP contribution is 2.23. The summed E-state index contributed by atoms with van der Waals surface area (Å²) >= 11 is 23.1. The SMILES string of the molecule is Clc1ncc(Br)c(Cl)n1.Clc1ncc(Br)c(NC2CCOCC2)n1.NC1CCOCC1. The van der Waals surface area contributed by atoms with E-state index in [0.29, 0.717) is 21.7 Å². The third-order valence-corrected chi connectivity index (χ3v) is 6.26. The Hall–Kier alpha value is -0.330. The summed E-state index contributed by atoms with van der Waals surface area (Å²) in [6.45, 7) is 3.32. The molecule has 2 fully saturated rings. The maximum atomic E-state index is 5.73. The molecular formula is C18H23Br2Cl3N6O2. The summed E-state index contributed by atoms with van der Waals surface area (Å²) in [6, 6.07) is 0.815. The van der Waals surface area contributed by atoms with Crippen molar-refractivity contribution in [1.82, 2.24) is 19.9 Å². The van der Waals surface area contributed by atoms with Gasteiger partial charge in [0.2, 0.25) is 10.6 Å². The summed E-state index contributed by atoms with van der Waals surface area (Å²) in [5.74, 6) is 0.752. The Labute approximate surface area is 213 Å². The first kappa shape index (κ1) is 26.9. The predicted octanol–water partition coefficient (Wildman–Crippen LogP) is 5.15. The van der Waals surface area contributed by atoms with Crippen LogP contribution in [0, 0.1) is 0 Å². The Kier molecular flexibility index (Phi) is 12.8. The van der Waals surface area contributed by atoms with Crippen LogP contribution in [0.25, 0.3) is 0 Å². The molecule has 13 heteroatoms. The highest BCUT2D eigenvalue weighted by atomic mass is 79.9. The highest BCUT2D eigenvalue weighted by molar-refractivity contribution is 9.11. The number of aromatic nitrogens is 4. The van der Waals surface area contributed by atoms with Gasteiger partial charge in [0.25, 0.3) is 0 Å². The third-order valence-electron chi connectivity index (χ3n) is 4.21. The van der Waals surface area contributed by atoms with E-state index < -0.39 is 0 Å². The van der Waals surface area contributed by atoms with E-state index in [-0.39, 0.29) is 10.6 Å². The van der Waals surface area contributed by atoms with E-state index in [1.54, 1.807) is 6.20 Å². The molecule has 2 aliphatic heterocycles. The van der Waals surface area contributed by atoms with Gasteiger partial charge in [0.15, 0.2) is 0 Å². The predicted molar refractivity (Wildman–Crippen MR) is 130 cm³/mol. The van der Waals surface area contributed by atoms with E-state index >= 15 is 0 Å².